The number of amides is 1. The molecular formula is C16H22N2O2. The summed E-state index contributed by atoms with van der Waals surface area (Å²) in [5.41, 5.74) is 0.848. The summed E-state index contributed by atoms with van der Waals surface area (Å²) < 4.78 is 5.82. The molecule has 1 amide bonds. The Kier molecular flexibility index (Phi) is 3.52. The molecule has 0 aliphatic carbocycles. The Bertz CT molecular complexity index is 483. The number of rotatable bonds is 3. The highest BCUT2D eigenvalue weighted by Gasteiger charge is 2.42. The Labute approximate surface area is 120 Å². The number of hydrogen-bond donors (Lipinski definition) is 1. The SMILES string of the molecule is CC1NC(c2ccccc2)C(=O)N1CC1(C)CCCO1. The fourth-order valence-corrected chi connectivity index (χ4v) is 3.18. The zero-order valence-electron chi connectivity index (χ0n) is 12.1. The van der Waals surface area contributed by atoms with E-state index in [0.717, 1.165) is 25.0 Å². The summed E-state index contributed by atoms with van der Waals surface area (Å²) in [4.78, 5) is 14.6. The molecule has 2 fully saturated rings. The lowest BCUT2D eigenvalue weighted by Crippen LogP contribution is -2.45. The van der Waals surface area contributed by atoms with Gasteiger partial charge in [-0.25, -0.2) is 0 Å². The second-order valence-corrected chi connectivity index (χ2v) is 6.05. The van der Waals surface area contributed by atoms with Gasteiger partial charge < -0.3 is 9.64 Å². The number of hydrogen-bond acceptors (Lipinski definition) is 3. The van der Waals surface area contributed by atoms with Crippen molar-refractivity contribution in [3.63, 3.8) is 0 Å². The van der Waals surface area contributed by atoms with E-state index < -0.39 is 0 Å². The van der Waals surface area contributed by atoms with Crippen LogP contribution in [0.2, 0.25) is 0 Å². The monoisotopic (exact) mass is 274 g/mol. The van der Waals surface area contributed by atoms with E-state index in [9.17, 15) is 4.79 Å². The molecule has 0 spiro atoms. The quantitative estimate of drug-likeness (QED) is 0.917. The number of nitrogens with zero attached hydrogens (tertiary/aromatic N) is 1. The molecule has 1 aromatic carbocycles. The Hall–Kier alpha value is -1.39. The highest BCUT2D eigenvalue weighted by molar-refractivity contribution is 5.85. The Morgan fingerprint density at radius 2 is 2.15 bits per heavy atom. The predicted octanol–water partition coefficient (Wildman–Crippen LogP) is 2.07. The van der Waals surface area contributed by atoms with Gasteiger partial charge in [0, 0.05) is 6.61 Å². The van der Waals surface area contributed by atoms with E-state index in [1.54, 1.807) is 0 Å². The molecular weight excluding hydrogens is 252 g/mol. The van der Waals surface area contributed by atoms with Gasteiger partial charge in [-0.05, 0) is 32.3 Å². The molecule has 3 unspecified atom stereocenters. The van der Waals surface area contributed by atoms with E-state index in [2.05, 4.69) is 12.2 Å². The smallest absolute Gasteiger partial charge is 0.245 e. The highest BCUT2D eigenvalue weighted by atomic mass is 16.5. The number of ether oxygens (including phenoxy) is 1. The number of benzene rings is 1. The lowest BCUT2D eigenvalue weighted by molar-refractivity contribution is -0.133. The van der Waals surface area contributed by atoms with E-state index in [4.69, 9.17) is 4.74 Å². The standard InChI is InChI=1S/C16H22N2O2/c1-12-17-14(13-7-4-3-5-8-13)15(19)18(12)11-16(2)9-6-10-20-16/h3-5,7-8,12,14,17H,6,9-11H2,1-2H3. The molecule has 4 nitrogen and oxygen atoms in total. The van der Waals surface area contributed by atoms with Crippen molar-refractivity contribution in [2.24, 2.45) is 0 Å². The van der Waals surface area contributed by atoms with Crippen LogP contribution in [0.4, 0.5) is 0 Å². The van der Waals surface area contributed by atoms with Crippen LogP contribution in [0.25, 0.3) is 0 Å². The third-order valence-corrected chi connectivity index (χ3v) is 4.34. The van der Waals surface area contributed by atoms with Crippen molar-refractivity contribution in [1.82, 2.24) is 10.2 Å². The molecule has 1 N–H and O–H groups in total. The largest absolute Gasteiger partial charge is 0.373 e. The summed E-state index contributed by atoms with van der Waals surface area (Å²) in [6.45, 7) is 5.63. The van der Waals surface area contributed by atoms with Crippen LogP contribution in [-0.4, -0.2) is 35.7 Å². The van der Waals surface area contributed by atoms with E-state index in [1.807, 2.05) is 42.2 Å². The third-order valence-electron chi connectivity index (χ3n) is 4.34. The minimum atomic E-state index is -0.226. The molecule has 0 bridgehead atoms. The third kappa shape index (κ3) is 2.45. The second-order valence-electron chi connectivity index (χ2n) is 6.05. The first-order chi connectivity index (χ1) is 9.59. The van der Waals surface area contributed by atoms with Gasteiger partial charge in [-0.1, -0.05) is 30.3 Å². The van der Waals surface area contributed by atoms with Gasteiger partial charge >= 0.3 is 0 Å². The molecule has 3 atom stereocenters. The van der Waals surface area contributed by atoms with Gasteiger partial charge in [0.1, 0.15) is 6.04 Å². The Balaban J connectivity index is 1.75. The first kappa shape index (κ1) is 13.6. The molecule has 2 heterocycles. The minimum absolute atomic E-state index is 0.0498. The van der Waals surface area contributed by atoms with Gasteiger partial charge in [0.15, 0.2) is 0 Å². The second kappa shape index (κ2) is 5.19. The Morgan fingerprint density at radius 1 is 1.40 bits per heavy atom. The molecule has 20 heavy (non-hydrogen) atoms. The van der Waals surface area contributed by atoms with Gasteiger partial charge in [0.25, 0.3) is 0 Å². The van der Waals surface area contributed by atoms with E-state index in [0.29, 0.717) is 6.54 Å². The van der Waals surface area contributed by atoms with Crippen molar-refractivity contribution in [2.45, 2.75) is 44.5 Å². The molecule has 1 aromatic rings. The summed E-state index contributed by atoms with van der Waals surface area (Å²) in [7, 11) is 0. The van der Waals surface area contributed by atoms with Crippen molar-refractivity contribution in [3.05, 3.63) is 35.9 Å². The maximum atomic E-state index is 12.7. The van der Waals surface area contributed by atoms with E-state index in [1.165, 1.54) is 0 Å². The first-order valence-corrected chi connectivity index (χ1v) is 7.34. The predicted molar refractivity (Wildman–Crippen MR) is 77.1 cm³/mol. The first-order valence-electron chi connectivity index (χ1n) is 7.34. The maximum absolute atomic E-state index is 12.7. The topological polar surface area (TPSA) is 41.6 Å². The lowest BCUT2D eigenvalue weighted by Gasteiger charge is -2.31. The summed E-state index contributed by atoms with van der Waals surface area (Å²) in [5.74, 6) is 0.153. The van der Waals surface area contributed by atoms with Gasteiger partial charge in [0.05, 0.1) is 18.3 Å². The van der Waals surface area contributed by atoms with Crippen molar-refractivity contribution in [3.8, 4) is 0 Å². The molecule has 0 aromatic heterocycles. The van der Waals surface area contributed by atoms with E-state index >= 15 is 0 Å². The van der Waals surface area contributed by atoms with Crippen molar-refractivity contribution < 1.29 is 9.53 Å². The molecule has 0 radical (unpaired) electrons. The van der Waals surface area contributed by atoms with Crippen LogP contribution in [0.15, 0.2) is 30.3 Å². The summed E-state index contributed by atoms with van der Waals surface area (Å²) in [6, 6.07) is 9.69. The van der Waals surface area contributed by atoms with Crippen LogP contribution in [0.1, 0.15) is 38.3 Å². The summed E-state index contributed by atoms with van der Waals surface area (Å²) in [6.07, 6.45) is 2.16. The Morgan fingerprint density at radius 3 is 2.80 bits per heavy atom. The normalized spacial score (nSPS) is 33.9. The molecule has 2 aliphatic rings. The summed E-state index contributed by atoms with van der Waals surface area (Å²) in [5, 5.41) is 3.38. The fraction of sp³-hybridized carbons (Fsp3) is 0.562. The van der Waals surface area contributed by atoms with Crippen LogP contribution >= 0.6 is 0 Å². The van der Waals surface area contributed by atoms with Gasteiger partial charge in [-0.2, -0.15) is 0 Å². The van der Waals surface area contributed by atoms with Crippen molar-refractivity contribution >= 4 is 5.91 Å². The molecule has 0 saturated carbocycles. The number of carbonyl (C=O) groups excluding carboxylic acids is 1. The van der Waals surface area contributed by atoms with Crippen LogP contribution in [0.5, 0.6) is 0 Å². The van der Waals surface area contributed by atoms with Crippen molar-refractivity contribution in [2.75, 3.05) is 13.2 Å². The molecule has 2 aliphatic heterocycles. The number of nitrogens with one attached hydrogen (secondary N) is 1. The van der Waals surface area contributed by atoms with Crippen molar-refractivity contribution in [1.29, 1.82) is 0 Å². The maximum Gasteiger partial charge on any atom is 0.245 e. The summed E-state index contributed by atoms with van der Waals surface area (Å²) >= 11 is 0. The van der Waals surface area contributed by atoms with Gasteiger partial charge in [0.2, 0.25) is 5.91 Å². The van der Waals surface area contributed by atoms with Crippen LogP contribution in [0, 0.1) is 0 Å². The van der Waals surface area contributed by atoms with Crippen LogP contribution < -0.4 is 5.32 Å². The zero-order chi connectivity index (χ0) is 14.2. The number of carbonyl (C=O) groups is 1. The minimum Gasteiger partial charge on any atom is -0.373 e. The molecule has 4 heteroatoms. The van der Waals surface area contributed by atoms with E-state index in [-0.39, 0.29) is 23.7 Å². The van der Waals surface area contributed by atoms with Gasteiger partial charge in [-0.15, -0.1) is 0 Å². The lowest BCUT2D eigenvalue weighted by atomic mass is 10.0. The average molecular weight is 274 g/mol. The zero-order valence-corrected chi connectivity index (χ0v) is 12.1. The highest BCUT2D eigenvalue weighted by Crippen LogP contribution is 2.30. The van der Waals surface area contributed by atoms with Crippen LogP contribution in [0.3, 0.4) is 0 Å². The van der Waals surface area contributed by atoms with Gasteiger partial charge in [-0.3, -0.25) is 10.1 Å². The van der Waals surface area contributed by atoms with Crippen LogP contribution in [-0.2, 0) is 9.53 Å². The average Bonchev–Trinajstić information content (AvgIpc) is 2.99. The molecule has 108 valence electrons. The molecule has 2 saturated heterocycles. The fourth-order valence-electron chi connectivity index (χ4n) is 3.18. The molecule has 3 rings (SSSR count).